The summed E-state index contributed by atoms with van der Waals surface area (Å²) >= 11 is 0. The van der Waals surface area contributed by atoms with Crippen LogP contribution in [0.5, 0.6) is 0 Å². The minimum Gasteiger partial charge on any atom is -0.481 e. The van der Waals surface area contributed by atoms with E-state index in [2.05, 4.69) is 6.92 Å². The average Bonchev–Trinajstić information content (AvgIpc) is 1.96. The topological polar surface area (TPSA) is 63.3 Å². The van der Waals surface area contributed by atoms with Gasteiger partial charge >= 0.3 is 5.97 Å². The second kappa shape index (κ2) is 2.81. The zero-order valence-electron chi connectivity index (χ0n) is 6.84. The Morgan fingerprint density at radius 2 is 2.45 bits per heavy atom. The summed E-state index contributed by atoms with van der Waals surface area (Å²) in [5.74, 6) is -0.231. The Kier molecular flexibility index (Phi) is 2.18. The van der Waals surface area contributed by atoms with Crippen LogP contribution < -0.4 is 5.73 Å². The van der Waals surface area contributed by atoms with E-state index in [-0.39, 0.29) is 11.8 Å². The molecule has 1 rings (SSSR count). The molecule has 1 unspecified atom stereocenters. The number of hydrogen-bond donors (Lipinski definition) is 2. The lowest BCUT2D eigenvalue weighted by Crippen LogP contribution is -2.46. The highest BCUT2D eigenvalue weighted by atomic mass is 16.4. The van der Waals surface area contributed by atoms with Crippen LogP contribution in [0.15, 0.2) is 0 Å². The van der Waals surface area contributed by atoms with Crippen LogP contribution in [-0.2, 0) is 4.79 Å². The maximum absolute atomic E-state index is 10.5. The van der Waals surface area contributed by atoms with Crippen LogP contribution in [-0.4, -0.2) is 17.6 Å². The molecule has 3 N–H and O–H groups in total. The van der Waals surface area contributed by atoms with Crippen molar-refractivity contribution in [3.63, 3.8) is 0 Å². The first-order valence-corrected chi connectivity index (χ1v) is 4.02. The van der Waals surface area contributed by atoms with E-state index in [0.29, 0.717) is 12.5 Å². The van der Waals surface area contributed by atoms with E-state index in [4.69, 9.17) is 10.8 Å². The summed E-state index contributed by atoms with van der Waals surface area (Å²) < 4.78 is 0. The Bertz CT molecular complexity index is 165. The first-order valence-electron chi connectivity index (χ1n) is 4.02. The molecule has 3 nitrogen and oxygen atoms in total. The van der Waals surface area contributed by atoms with Crippen molar-refractivity contribution in [2.75, 3.05) is 6.54 Å². The lowest BCUT2D eigenvalue weighted by molar-refractivity contribution is -0.143. The van der Waals surface area contributed by atoms with Crippen molar-refractivity contribution in [1.29, 1.82) is 0 Å². The quantitative estimate of drug-likeness (QED) is 0.638. The van der Waals surface area contributed by atoms with Gasteiger partial charge in [0.25, 0.3) is 0 Å². The largest absolute Gasteiger partial charge is 0.481 e. The van der Waals surface area contributed by atoms with Crippen LogP contribution in [0.3, 0.4) is 0 Å². The maximum atomic E-state index is 10.5. The van der Waals surface area contributed by atoms with Crippen molar-refractivity contribution in [2.45, 2.75) is 26.2 Å². The number of carboxylic acids is 1. The third kappa shape index (κ3) is 1.38. The minimum absolute atomic E-state index is 0.0775. The van der Waals surface area contributed by atoms with Crippen molar-refractivity contribution in [2.24, 2.45) is 17.1 Å². The summed E-state index contributed by atoms with van der Waals surface area (Å²) in [6.45, 7) is 2.60. The van der Waals surface area contributed by atoms with Crippen LogP contribution in [0.2, 0.25) is 0 Å². The Labute approximate surface area is 66.6 Å². The molecular weight excluding hydrogens is 142 g/mol. The van der Waals surface area contributed by atoms with Crippen molar-refractivity contribution >= 4 is 5.97 Å². The second-order valence-electron chi connectivity index (χ2n) is 3.58. The molecular formula is C8H15NO2. The van der Waals surface area contributed by atoms with Crippen LogP contribution in [0.25, 0.3) is 0 Å². The molecule has 1 aliphatic rings. The fourth-order valence-electron chi connectivity index (χ4n) is 1.78. The van der Waals surface area contributed by atoms with Crippen molar-refractivity contribution in [3.05, 3.63) is 0 Å². The van der Waals surface area contributed by atoms with Gasteiger partial charge in [-0.25, -0.2) is 0 Å². The van der Waals surface area contributed by atoms with Gasteiger partial charge < -0.3 is 10.8 Å². The maximum Gasteiger partial charge on any atom is 0.303 e. The van der Waals surface area contributed by atoms with E-state index in [1.807, 2.05) is 0 Å². The predicted molar refractivity (Wildman–Crippen MR) is 42.1 cm³/mol. The molecule has 0 aromatic carbocycles. The smallest absolute Gasteiger partial charge is 0.303 e. The summed E-state index contributed by atoms with van der Waals surface area (Å²) in [6.07, 6.45) is 2.35. The molecule has 1 saturated carbocycles. The van der Waals surface area contributed by atoms with E-state index in [9.17, 15) is 4.79 Å². The molecule has 3 heteroatoms. The molecule has 11 heavy (non-hydrogen) atoms. The highest BCUT2D eigenvalue weighted by Gasteiger charge is 2.44. The predicted octanol–water partition coefficient (Wildman–Crippen LogP) is 0.836. The van der Waals surface area contributed by atoms with Gasteiger partial charge in [-0.2, -0.15) is 0 Å². The number of nitrogens with two attached hydrogens (primary N) is 1. The highest BCUT2D eigenvalue weighted by Crippen LogP contribution is 2.48. The molecule has 0 amide bonds. The molecule has 0 saturated heterocycles. The van der Waals surface area contributed by atoms with Gasteiger partial charge in [0, 0.05) is 0 Å². The summed E-state index contributed by atoms with van der Waals surface area (Å²) in [5.41, 5.74) is 5.47. The second-order valence-corrected chi connectivity index (χ2v) is 3.58. The van der Waals surface area contributed by atoms with Gasteiger partial charge in [0.05, 0.1) is 6.42 Å². The Morgan fingerprint density at radius 3 is 2.55 bits per heavy atom. The molecule has 2 atom stereocenters. The van der Waals surface area contributed by atoms with E-state index < -0.39 is 5.97 Å². The van der Waals surface area contributed by atoms with Gasteiger partial charge in [-0.3, -0.25) is 4.79 Å². The molecule has 0 bridgehead atoms. The highest BCUT2D eigenvalue weighted by molar-refractivity contribution is 5.68. The van der Waals surface area contributed by atoms with E-state index in [1.54, 1.807) is 0 Å². The van der Waals surface area contributed by atoms with E-state index >= 15 is 0 Å². The molecule has 0 spiro atoms. The molecule has 0 aliphatic heterocycles. The normalized spacial score (nSPS) is 36.4. The Hall–Kier alpha value is -0.570. The van der Waals surface area contributed by atoms with Crippen molar-refractivity contribution < 1.29 is 9.90 Å². The van der Waals surface area contributed by atoms with Gasteiger partial charge in [-0.15, -0.1) is 0 Å². The number of aliphatic carboxylic acids is 1. The minimum atomic E-state index is -0.720. The molecule has 64 valence electrons. The van der Waals surface area contributed by atoms with E-state index in [1.165, 1.54) is 0 Å². The van der Waals surface area contributed by atoms with Gasteiger partial charge in [-0.1, -0.05) is 6.92 Å². The van der Waals surface area contributed by atoms with Crippen LogP contribution in [0.4, 0.5) is 0 Å². The average molecular weight is 157 g/mol. The third-order valence-corrected chi connectivity index (χ3v) is 3.03. The third-order valence-electron chi connectivity index (χ3n) is 3.03. The van der Waals surface area contributed by atoms with Crippen molar-refractivity contribution in [3.8, 4) is 0 Å². The van der Waals surface area contributed by atoms with Crippen LogP contribution >= 0.6 is 0 Å². The first-order chi connectivity index (χ1) is 5.10. The zero-order valence-corrected chi connectivity index (χ0v) is 6.84. The Balaban J connectivity index is 2.54. The van der Waals surface area contributed by atoms with Gasteiger partial charge in [0.1, 0.15) is 0 Å². The number of carboxylic acid groups (broad SMARTS) is 1. The SMILES string of the molecule is CC1CC[C@@]1(CN)CC(=O)O. The van der Waals surface area contributed by atoms with Gasteiger partial charge in [0.15, 0.2) is 0 Å². The van der Waals surface area contributed by atoms with Gasteiger partial charge in [0.2, 0.25) is 0 Å². The molecule has 1 aliphatic carbocycles. The molecule has 0 aromatic heterocycles. The van der Waals surface area contributed by atoms with E-state index in [0.717, 1.165) is 12.8 Å². The zero-order chi connectivity index (χ0) is 8.48. The monoisotopic (exact) mass is 157 g/mol. The summed E-state index contributed by atoms with van der Waals surface area (Å²) in [4.78, 5) is 10.5. The molecule has 0 aromatic rings. The summed E-state index contributed by atoms with van der Waals surface area (Å²) in [7, 11) is 0. The van der Waals surface area contributed by atoms with Gasteiger partial charge in [-0.05, 0) is 30.7 Å². The molecule has 0 heterocycles. The summed E-state index contributed by atoms with van der Waals surface area (Å²) in [6, 6.07) is 0. The Morgan fingerprint density at radius 1 is 1.82 bits per heavy atom. The standard InChI is InChI=1S/C8H15NO2/c1-6-2-3-8(6,5-9)4-7(10)11/h6H,2-5,9H2,1H3,(H,10,11)/t6?,8-/m0/s1. The fraction of sp³-hybridized carbons (Fsp3) is 0.875. The molecule has 0 radical (unpaired) electrons. The summed E-state index contributed by atoms with van der Waals surface area (Å²) in [5, 5.41) is 8.61. The number of carbonyl (C=O) groups is 1. The fourth-order valence-corrected chi connectivity index (χ4v) is 1.78. The first kappa shape index (κ1) is 8.53. The lowest BCUT2D eigenvalue weighted by atomic mass is 9.59. The van der Waals surface area contributed by atoms with Crippen molar-refractivity contribution in [1.82, 2.24) is 0 Å². The van der Waals surface area contributed by atoms with Crippen LogP contribution in [0.1, 0.15) is 26.2 Å². The van der Waals surface area contributed by atoms with Crippen LogP contribution in [0, 0.1) is 11.3 Å². The molecule has 1 fully saturated rings. The number of rotatable bonds is 3. The lowest BCUT2D eigenvalue weighted by Gasteiger charge is -2.46. The number of hydrogen-bond acceptors (Lipinski definition) is 2.